The van der Waals surface area contributed by atoms with Crippen molar-refractivity contribution in [1.29, 1.82) is 0 Å². The van der Waals surface area contributed by atoms with Gasteiger partial charge in [-0.15, -0.1) is 11.3 Å². The van der Waals surface area contributed by atoms with Crippen molar-refractivity contribution in [3.05, 3.63) is 48.1 Å². The van der Waals surface area contributed by atoms with Gasteiger partial charge in [0.2, 0.25) is 0 Å². The van der Waals surface area contributed by atoms with Crippen LogP contribution in [0.1, 0.15) is 13.8 Å². The van der Waals surface area contributed by atoms with Crippen molar-refractivity contribution in [1.82, 2.24) is 14.8 Å². The number of benzene rings is 1. The number of para-hydroxylation sites is 1. The van der Waals surface area contributed by atoms with E-state index in [-0.39, 0.29) is 0 Å². The average Bonchev–Trinajstić information content (AvgIpc) is 3.15. The number of hydrogen-bond acceptors (Lipinski definition) is 4. The van der Waals surface area contributed by atoms with Crippen molar-refractivity contribution >= 4 is 16.5 Å². The number of rotatable bonds is 5. The SMILES string of the molecule is CC(C)CNc1nc(-c2cnn(-c3ccccc3)c2)cs1. The van der Waals surface area contributed by atoms with E-state index in [1.165, 1.54) is 0 Å². The van der Waals surface area contributed by atoms with Gasteiger partial charge in [0, 0.05) is 23.7 Å². The first-order chi connectivity index (χ1) is 10.2. The molecule has 2 heterocycles. The third-order valence-electron chi connectivity index (χ3n) is 3.06. The van der Waals surface area contributed by atoms with Crippen LogP contribution in [-0.2, 0) is 0 Å². The molecule has 3 rings (SSSR count). The van der Waals surface area contributed by atoms with Crippen molar-refractivity contribution in [2.75, 3.05) is 11.9 Å². The molecule has 0 bridgehead atoms. The summed E-state index contributed by atoms with van der Waals surface area (Å²) in [6.07, 6.45) is 3.87. The molecule has 0 saturated carbocycles. The zero-order chi connectivity index (χ0) is 14.7. The monoisotopic (exact) mass is 298 g/mol. The molecule has 0 fully saturated rings. The van der Waals surface area contributed by atoms with E-state index in [4.69, 9.17) is 0 Å². The summed E-state index contributed by atoms with van der Waals surface area (Å²) in [5, 5.41) is 10.8. The Hall–Kier alpha value is -2.14. The molecule has 0 saturated heterocycles. The second kappa shape index (κ2) is 6.10. The Kier molecular flexibility index (Phi) is 4.01. The Morgan fingerprint density at radius 2 is 2.05 bits per heavy atom. The van der Waals surface area contributed by atoms with Gasteiger partial charge in [-0.05, 0) is 18.1 Å². The minimum absolute atomic E-state index is 0.609. The molecule has 4 nitrogen and oxygen atoms in total. The molecule has 2 aromatic heterocycles. The summed E-state index contributed by atoms with van der Waals surface area (Å²) in [6, 6.07) is 10.1. The van der Waals surface area contributed by atoms with Crippen LogP contribution in [0.2, 0.25) is 0 Å². The quantitative estimate of drug-likeness (QED) is 0.772. The van der Waals surface area contributed by atoms with Crippen LogP contribution < -0.4 is 5.32 Å². The van der Waals surface area contributed by atoms with E-state index in [1.807, 2.05) is 47.4 Å². The van der Waals surface area contributed by atoms with Crippen LogP contribution in [0.15, 0.2) is 48.1 Å². The maximum absolute atomic E-state index is 4.61. The van der Waals surface area contributed by atoms with Gasteiger partial charge in [0.15, 0.2) is 5.13 Å². The first-order valence-corrected chi connectivity index (χ1v) is 7.90. The fourth-order valence-electron chi connectivity index (χ4n) is 1.96. The average molecular weight is 298 g/mol. The van der Waals surface area contributed by atoms with E-state index < -0.39 is 0 Å². The predicted octanol–water partition coefficient (Wildman–Crippen LogP) is 4.06. The third-order valence-corrected chi connectivity index (χ3v) is 3.86. The Morgan fingerprint density at radius 1 is 1.24 bits per heavy atom. The molecular weight excluding hydrogens is 280 g/mol. The summed E-state index contributed by atoms with van der Waals surface area (Å²) in [4.78, 5) is 4.61. The molecule has 5 heteroatoms. The molecular formula is C16H18N4S. The second-order valence-corrected chi connectivity index (χ2v) is 6.18. The minimum atomic E-state index is 0.609. The molecule has 0 aliphatic heterocycles. The first kappa shape index (κ1) is 13.8. The zero-order valence-electron chi connectivity index (χ0n) is 12.2. The van der Waals surface area contributed by atoms with Crippen LogP contribution in [0.5, 0.6) is 0 Å². The largest absolute Gasteiger partial charge is 0.361 e. The van der Waals surface area contributed by atoms with Gasteiger partial charge in [-0.25, -0.2) is 9.67 Å². The highest BCUT2D eigenvalue weighted by Crippen LogP contribution is 2.25. The molecule has 1 N–H and O–H groups in total. The van der Waals surface area contributed by atoms with Gasteiger partial charge in [-0.3, -0.25) is 0 Å². The van der Waals surface area contributed by atoms with Crippen LogP contribution in [0.4, 0.5) is 5.13 Å². The van der Waals surface area contributed by atoms with Crippen LogP contribution in [-0.4, -0.2) is 21.3 Å². The van der Waals surface area contributed by atoms with E-state index in [9.17, 15) is 0 Å². The number of anilines is 1. The summed E-state index contributed by atoms with van der Waals surface area (Å²) < 4.78 is 1.87. The van der Waals surface area contributed by atoms with Crippen LogP contribution >= 0.6 is 11.3 Å². The summed E-state index contributed by atoms with van der Waals surface area (Å²) in [7, 11) is 0. The molecule has 3 aromatic rings. The molecule has 0 aliphatic carbocycles. The van der Waals surface area contributed by atoms with Crippen LogP contribution in [0.3, 0.4) is 0 Å². The molecule has 0 amide bonds. The maximum Gasteiger partial charge on any atom is 0.183 e. The molecule has 0 aliphatic rings. The number of nitrogens with one attached hydrogen (secondary N) is 1. The highest BCUT2D eigenvalue weighted by molar-refractivity contribution is 7.14. The fraction of sp³-hybridized carbons (Fsp3) is 0.250. The van der Waals surface area contributed by atoms with Gasteiger partial charge >= 0.3 is 0 Å². The van der Waals surface area contributed by atoms with Gasteiger partial charge in [-0.2, -0.15) is 5.10 Å². The summed E-state index contributed by atoms with van der Waals surface area (Å²) in [6.45, 7) is 5.31. The lowest BCUT2D eigenvalue weighted by atomic mass is 10.2. The van der Waals surface area contributed by atoms with Crippen molar-refractivity contribution in [3.8, 4) is 16.9 Å². The molecule has 0 radical (unpaired) electrons. The number of thiazole rings is 1. The van der Waals surface area contributed by atoms with E-state index in [0.29, 0.717) is 5.92 Å². The van der Waals surface area contributed by atoms with Gasteiger partial charge in [0.05, 0.1) is 17.6 Å². The van der Waals surface area contributed by atoms with Gasteiger partial charge in [0.25, 0.3) is 0 Å². The van der Waals surface area contributed by atoms with Crippen molar-refractivity contribution in [2.24, 2.45) is 5.92 Å². The Labute approximate surface area is 128 Å². The number of hydrogen-bond donors (Lipinski definition) is 1. The summed E-state index contributed by atoms with van der Waals surface area (Å²) in [5.74, 6) is 0.609. The lowest BCUT2D eigenvalue weighted by molar-refractivity contribution is 0.688. The Morgan fingerprint density at radius 3 is 2.81 bits per heavy atom. The molecule has 1 aromatic carbocycles. The van der Waals surface area contributed by atoms with E-state index in [1.54, 1.807) is 11.3 Å². The molecule has 108 valence electrons. The van der Waals surface area contributed by atoms with Crippen molar-refractivity contribution < 1.29 is 0 Å². The van der Waals surface area contributed by atoms with E-state index >= 15 is 0 Å². The summed E-state index contributed by atoms with van der Waals surface area (Å²) >= 11 is 1.63. The van der Waals surface area contributed by atoms with Crippen LogP contribution in [0, 0.1) is 5.92 Å². The third kappa shape index (κ3) is 3.31. The van der Waals surface area contributed by atoms with Gasteiger partial charge in [-0.1, -0.05) is 32.0 Å². The lowest BCUT2D eigenvalue weighted by Gasteiger charge is -2.04. The normalized spacial score (nSPS) is 11.0. The maximum atomic E-state index is 4.61. The van der Waals surface area contributed by atoms with Crippen molar-refractivity contribution in [2.45, 2.75) is 13.8 Å². The molecule has 0 unspecified atom stereocenters. The Balaban J connectivity index is 1.77. The minimum Gasteiger partial charge on any atom is -0.361 e. The second-order valence-electron chi connectivity index (χ2n) is 5.32. The Bertz CT molecular complexity index is 700. The number of nitrogens with zero attached hydrogens (tertiary/aromatic N) is 3. The highest BCUT2D eigenvalue weighted by atomic mass is 32.1. The van der Waals surface area contributed by atoms with E-state index in [0.717, 1.165) is 28.6 Å². The van der Waals surface area contributed by atoms with Crippen LogP contribution in [0.25, 0.3) is 16.9 Å². The van der Waals surface area contributed by atoms with Crippen molar-refractivity contribution in [3.63, 3.8) is 0 Å². The summed E-state index contributed by atoms with van der Waals surface area (Å²) in [5.41, 5.74) is 3.05. The first-order valence-electron chi connectivity index (χ1n) is 7.02. The predicted molar refractivity (Wildman–Crippen MR) is 88.0 cm³/mol. The molecule has 0 spiro atoms. The smallest absolute Gasteiger partial charge is 0.183 e. The van der Waals surface area contributed by atoms with Gasteiger partial charge < -0.3 is 5.32 Å². The van der Waals surface area contributed by atoms with E-state index in [2.05, 4.69) is 34.6 Å². The fourth-order valence-corrected chi connectivity index (χ4v) is 2.69. The topological polar surface area (TPSA) is 42.7 Å². The highest BCUT2D eigenvalue weighted by Gasteiger charge is 2.08. The molecule has 21 heavy (non-hydrogen) atoms. The standard InChI is InChI=1S/C16H18N4S/c1-12(2)8-17-16-19-15(11-21-16)13-9-18-20(10-13)14-6-4-3-5-7-14/h3-7,9-12H,8H2,1-2H3,(H,17,19). The number of aromatic nitrogens is 3. The van der Waals surface area contributed by atoms with Gasteiger partial charge in [0.1, 0.15) is 0 Å². The zero-order valence-corrected chi connectivity index (χ0v) is 13.0. The molecule has 0 atom stereocenters. The lowest BCUT2D eigenvalue weighted by Crippen LogP contribution is -2.07.